The Morgan fingerprint density at radius 3 is 2.81 bits per heavy atom. The Morgan fingerprint density at radius 1 is 1.50 bits per heavy atom. The number of aryl methyl sites for hydroxylation is 1. The van der Waals surface area contributed by atoms with Crippen molar-refractivity contribution in [2.24, 2.45) is 0 Å². The number of pyridine rings is 1. The predicted molar refractivity (Wildman–Crippen MR) is 63.5 cm³/mol. The fourth-order valence-electron chi connectivity index (χ4n) is 1.36. The van der Waals surface area contributed by atoms with Gasteiger partial charge in [0.1, 0.15) is 5.82 Å². The molecule has 0 aliphatic rings. The maximum absolute atomic E-state index is 10.9. The number of methoxy groups -OCH3 is 1. The van der Waals surface area contributed by atoms with Gasteiger partial charge in [0.25, 0.3) is 0 Å². The zero-order valence-corrected chi connectivity index (χ0v) is 10.1. The van der Waals surface area contributed by atoms with Crippen LogP contribution in [0.25, 0.3) is 0 Å². The minimum absolute atomic E-state index is 0.162. The first kappa shape index (κ1) is 12.5. The van der Waals surface area contributed by atoms with Gasteiger partial charge in [-0.3, -0.25) is 4.79 Å². The quantitative estimate of drug-likeness (QED) is 0.712. The van der Waals surface area contributed by atoms with Gasteiger partial charge in [0.15, 0.2) is 0 Å². The van der Waals surface area contributed by atoms with Gasteiger partial charge in [0.05, 0.1) is 7.11 Å². The highest BCUT2D eigenvalue weighted by atomic mass is 16.5. The molecule has 0 saturated carbocycles. The molecule has 1 aromatic rings. The molecule has 0 aliphatic carbocycles. The van der Waals surface area contributed by atoms with Gasteiger partial charge in [0, 0.05) is 26.2 Å². The van der Waals surface area contributed by atoms with Crippen LogP contribution in [-0.2, 0) is 9.53 Å². The van der Waals surface area contributed by atoms with E-state index in [9.17, 15) is 4.79 Å². The fraction of sp³-hybridized carbons (Fsp3) is 0.500. The number of aromatic nitrogens is 1. The summed E-state index contributed by atoms with van der Waals surface area (Å²) < 4.78 is 4.58. The number of hydrogen-bond donors (Lipinski definition) is 0. The van der Waals surface area contributed by atoms with Gasteiger partial charge in [-0.05, 0) is 25.0 Å². The second-order valence-electron chi connectivity index (χ2n) is 3.79. The number of carbonyl (C=O) groups excluding carboxylic acids is 1. The molecule has 4 nitrogen and oxygen atoms in total. The van der Waals surface area contributed by atoms with Crippen molar-refractivity contribution in [1.29, 1.82) is 0 Å². The Labute approximate surface area is 96.2 Å². The van der Waals surface area contributed by atoms with Gasteiger partial charge >= 0.3 is 5.97 Å². The molecule has 0 atom stereocenters. The highest BCUT2D eigenvalue weighted by Gasteiger charge is 2.04. The third-order valence-electron chi connectivity index (χ3n) is 2.39. The van der Waals surface area contributed by atoms with Gasteiger partial charge < -0.3 is 9.64 Å². The van der Waals surface area contributed by atoms with Crippen molar-refractivity contribution < 1.29 is 9.53 Å². The summed E-state index contributed by atoms with van der Waals surface area (Å²) in [6.45, 7) is 2.80. The largest absolute Gasteiger partial charge is 0.469 e. The lowest BCUT2D eigenvalue weighted by Gasteiger charge is -2.17. The molecule has 0 bridgehead atoms. The third kappa shape index (κ3) is 3.88. The van der Waals surface area contributed by atoms with E-state index in [2.05, 4.69) is 9.72 Å². The second-order valence-corrected chi connectivity index (χ2v) is 3.79. The van der Waals surface area contributed by atoms with E-state index in [-0.39, 0.29) is 5.97 Å². The molecule has 0 radical (unpaired) electrons. The Bertz CT molecular complexity index is 335. The summed E-state index contributed by atoms with van der Waals surface area (Å²) in [4.78, 5) is 17.3. The topological polar surface area (TPSA) is 42.4 Å². The fourth-order valence-corrected chi connectivity index (χ4v) is 1.36. The van der Waals surface area contributed by atoms with E-state index in [4.69, 9.17) is 0 Å². The van der Waals surface area contributed by atoms with Gasteiger partial charge in [-0.25, -0.2) is 4.98 Å². The van der Waals surface area contributed by atoms with E-state index in [1.54, 1.807) is 0 Å². The molecule has 4 heteroatoms. The predicted octanol–water partition coefficient (Wildman–Crippen LogP) is 1.78. The van der Waals surface area contributed by atoms with Crippen LogP contribution in [0.5, 0.6) is 0 Å². The van der Waals surface area contributed by atoms with E-state index in [1.807, 2.05) is 37.2 Å². The number of hydrogen-bond acceptors (Lipinski definition) is 4. The summed E-state index contributed by atoms with van der Waals surface area (Å²) in [5.74, 6) is 0.765. The van der Waals surface area contributed by atoms with Crippen LogP contribution < -0.4 is 4.90 Å². The van der Waals surface area contributed by atoms with Crippen molar-refractivity contribution in [3.8, 4) is 0 Å². The Hall–Kier alpha value is -1.58. The SMILES string of the molecule is COC(=O)CCCN(C)c1ccc(C)cn1. The number of ether oxygens (including phenoxy) is 1. The molecule has 16 heavy (non-hydrogen) atoms. The number of rotatable bonds is 5. The molecule has 0 aliphatic heterocycles. The Balaban J connectivity index is 2.37. The summed E-state index contributed by atoms with van der Waals surface area (Å²) in [6, 6.07) is 4.01. The molecule has 0 spiro atoms. The first-order valence-electron chi connectivity index (χ1n) is 5.34. The highest BCUT2D eigenvalue weighted by Crippen LogP contribution is 2.09. The summed E-state index contributed by atoms with van der Waals surface area (Å²) >= 11 is 0. The summed E-state index contributed by atoms with van der Waals surface area (Å²) in [5, 5.41) is 0. The van der Waals surface area contributed by atoms with Crippen LogP contribution in [0.1, 0.15) is 18.4 Å². The molecule has 0 saturated heterocycles. The first-order chi connectivity index (χ1) is 7.63. The van der Waals surface area contributed by atoms with Crippen molar-refractivity contribution in [2.45, 2.75) is 19.8 Å². The maximum atomic E-state index is 10.9. The zero-order chi connectivity index (χ0) is 12.0. The Morgan fingerprint density at radius 2 is 2.25 bits per heavy atom. The van der Waals surface area contributed by atoms with E-state index < -0.39 is 0 Å². The molecule has 0 amide bonds. The van der Waals surface area contributed by atoms with E-state index >= 15 is 0 Å². The first-order valence-corrected chi connectivity index (χ1v) is 5.34. The molecule has 1 rings (SSSR count). The standard InChI is InChI=1S/C12H18N2O2/c1-10-6-7-11(13-9-10)14(2)8-4-5-12(15)16-3/h6-7,9H,4-5,8H2,1-3H3. The number of esters is 1. The van der Waals surface area contributed by atoms with Crippen LogP contribution in [-0.4, -0.2) is 31.7 Å². The lowest BCUT2D eigenvalue weighted by atomic mass is 10.3. The van der Waals surface area contributed by atoms with E-state index in [0.717, 1.165) is 24.3 Å². The monoisotopic (exact) mass is 222 g/mol. The van der Waals surface area contributed by atoms with Gasteiger partial charge in [-0.2, -0.15) is 0 Å². The number of carbonyl (C=O) groups is 1. The lowest BCUT2D eigenvalue weighted by Crippen LogP contribution is -2.20. The Kier molecular flexibility index (Phi) is 4.76. The van der Waals surface area contributed by atoms with Crippen molar-refractivity contribution in [2.75, 3.05) is 25.6 Å². The lowest BCUT2D eigenvalue weighted by molar-refractivity contribution is -0.140. The number of nitrogens with zero attached hydrogens (tertiary/aromatic N) is 2. The third-order valence-corrected chi connectivity index (χ3v) is 2.39. The van der Waals surface area contributed by atoms with Gasteiger partial charge in [0.2, 0.25) is 0 Å². The highest BCUT2D eigenvalue weighted by molar-refractivity contribution is 5.69. The van der Waals surface area contributed by atoms with Crippen LogP contribution in [0, 0.1) is 6.92 Å². The average molecular weight is 222 g/mol. The van der Waals surface area contributed by atoms with Crippen molar-refractivity contribution in [3.63, 3.8) is 0 Å². The minimum Gasteiger partial charge on any atom is -0.469 e. The maximum Gasteiger partial charge on any atom is 0.305 e. The molecule has 88 valence electrons. The minimum atomic E-state index is -0.162. The molecule has 0 unspecified atom stereocenters. The summed E-state index contributed by atoms with van der Waals surface area (Å²) in [7, 11) is 3.38. The summed E-state index contributed by atoms with van der Waals surface area (Å²) in [6.07, 6.45) is 3.07. The van der Waals surface area contributed by atoms with E-state index in [0.29, 0.717) is 6.42 Å². The smallest absolute Gasteiger partial charge is 0.305 e. The molecule has 1 aromatic heterocycles. The number of anilines is 1. The summed E-state index contributed by atoms with van der Waals surface area (Å²) in [5.41, 5.74) is 1.15. The zero-order valence-electron chi connectivity index (χ0n) is 10.1. The molecular weight excluding hydrogens is 204 g/mol. The molecule has 0 aromatic carbocycles. The molecule has 0 fully saturated rings. The van der Waals surface area contributed by atoms with Crippen LogP contribution in [0.4, 0.5) is 5.82 Å². The molecule has 0 N–H and O–H groups in total. The van der Waals surface area contributed by atoms with Crippen LogP contribution >= 0.6 is 0 Å². The van der Waals surface area contributed by atoms with Crippen molar-refractivity contribution in [1.82, 2.24) is 4.98 Å². The normalized spacial score (nSPS) is 9.94. The van der Waals surface area contributed by atoms with Crippen molar-refractivity contribution >= 4 is 11.8 Å². The average Bonchev–Trinajstić information content (AvgIpc) is 2.29. The van der Waals surface area contributed by atoms with Crippen LogP contribution in [0.15, 0.2) is 18.3 Å². The van der Waals surface area contributed by atoms with E-state index in [1.165, 1.54) is 7.11 Å². The van der Waals surface area contributed by atoms with Crippen LogP contribution in [0.2, 0.25) is 0 Å². The second kappa shape index (κ2) is 6.10. The van der Waals surface area contributed by atoms with Crippen LogP contribution in [0.3, 0.4) is 0 Å². The molecule has 1 heterocycles. The molecular formula is C12H18N2O2. The van der Waals surface area contributed by atoms with Crippen molar-refractivity contribution in [3.05, 3.63) is 23.9 Å². The van der Waals surface area contributed by atoms with Gasteiger partial charge in [-0.1, -0.05) is 6.07 Å². The van der Waals surface area contributed by atoms with Gasteiger partial charge in [-0.15, -0.1) is 0 Å².